The van der Waals surface area contributed by atoms with E-state index in [2.05, 4.69) is 28.4 Å². The van der Waals surface area contributed by atoms with Crippen LogP contribution >= 0.6 is 11.6 Å². The smallest absolute Gasteiger partial charge is 0.0438 e. The molecule has 0 saturated carbocycles. The van der Waals surface area contributed by atoms with Crippen LogP contribution in [0.4, 0.5) is 0 Å². The fourth-order valence-electron chi connectivity index (χ4n) is 3.32. The number of fused-ring (bicyclic) bond motifs is 1. The van der Waals surface area contributed by atoms with Crippen molar-refractivity contribution in [1.29, 1.82) is 0 Å². The van der Waals surface area contributed by atoms with Crippen LogP contribution in [0, 0.1) is 6.92 Å². The lowest BCUT2D eigenvalue weighted by atomic mass is 10.1. The molecule has 0 spiro atoms. The molecule has 0 aliphatic carbocycles. The van der Waals surface area contributed by atoms with Crippen molar-refractivity contribution >= 4 is 11.6 Å². The molecular weight excluding hydrogens is 244 g/mol. The number of hydrogen-bond acceptors (Lipinski definition) is 2. The van der Waals surface area contributed by atoms with Gasteiger partial charge >= 0.3 is 0 Å². The minimum atomic E-state index is 0.674. The van der Waals surface area contributed by atoms with Crippen LogP contribution in [0.3, 0.4) is 0 Å². The molecule has 98 valence electrons. The summed E-state index contributed by atoms with van der Waals surface area (Å²) < 4.78 is 0. The zero-order valence-corrected chi connectivity index (χ0v) is 11.7. The van der Waals surface area contributed by atoms with E-state index in [0.29, 0.717) is 6.04 Å². The molecule has 1 N–H and O–H groups in total. The van der Waals surface area contributed by atoms with Gasteiger partial charge in [0.1, 0.15) is 0 Å². The minimum Gasteiger partial charge on any atom is -0.308 e. The Morgan fingerprint density at radius 2 is 2.22 bits per heavy atom. The fraction of sp³-hybridized carbons (Fsp3) is 0.600. The number of hydrogen-bond donors (Lipinski definition) is 1. The van der Waals surface area contributed by atoms with Crippen molar-refractivity contribution < 1.29 is 0 Å². The number of halogens is 1. The third-order valence-electron chi connectivity index (χ3n) is 4.41. The highest BCUT2D eigenvalue weighted by molar-refractivity contribution is 6.31. The summed E-state index contributed by atoms with van der Waals surface area (Å²) in [5.74, 6) is 0. The predicted molar refractivity (Wildman–Crippen MR) is 76.0 cm³/mol. The second-order valence-electron chi connectivity index (χ2n) is 5.61. The Kier molecular flexibility index (Phi) is 3.60. The van der Waals surface area contributed by atoms with Crippen LogP contribution in [0.2, 0.25) is 5.02 Å². The molecule has 2 atom stereocenters. The Morgan fingerprint density at radius 1 is 1.33 bits per heavy atom. The highest BCUT2D eigenvalue weighted by Crippen LogP contribution is 2.28. The van der Waals surface area contributed by atoms with Crippen LogP contribution in [0.25, 0.3) is 0 Å². The van der Waals surface area contributed by atoms with Crippen molar-refractivity contribution in [2.45, 2.75) is 44.8 Å². The maximum Gasteiger partial charge on any atom is 0.0438 e. The highest BCUT2D eigenvalue weighted by atomic mass is 35.5. The molecule has 2 heterocycles. The van der Waals surface area contributed by atoms with Crippen LogP contribution in [-0.4, -0.2) is 30.1 Å². The van der Waals surface area contributed by atoms with Gasteiger partial charge in [-0.15, -0.1) is 0 Å². The van der Waals surface area contributed by atoms with Crippen molar-refractivity contribution in [3.05, 3.63) is 34.3 Å². The maximum atomic E-state index is 6.16. The van der Waals surface area contributed by atoms with E-state index in [9.17, 15) is 0 Å². The summed E-state index contributed by atoms with van der Waals surface area (Å²) in [4.78, 5) is 2.64. The monoisotopic (exact) mass is 264 g/mol. The second-order valence-corrected chi connectivity index (χ2v) is 6.01. The summed E-state index contributed by atoms with van der Waals surface area (Å²) in [5, 5.41) is 4.59. The van der Waals surface area contributed by atoms with Gasteiger partial charge in [0.15, 0.2) is 0 Å². The molecule has 2 unspecified atom stereocenters. The average molecular weight is 265 g/mol. The van der Waals surface area contributed by atoms with Crippen LogP contribution < -0.4 is 5.32 Å². The number of rotatable bonds is 3. The first kappa shape index (κ1) is 12.5. The topological polar surface area (TPSA) is 15.3 Å². The van der Waals surface area contributed by atoms with Crippen molar-refractivity contribution in [1.82, 2.24) is 10.2 Å². The molecule has 0 amide bonds. The summed E-state index contributed by atoms with van der Waals surface area (Å²) in [6, 6.07) is 7.83. The molecule has 3 rings (SSSR count). The van der Waals surface area contributed by atoms with E-state index in [0.717, 1.165) is 23.2 Å². The van der Waals surface area contributed by atoms with E-state index in [1.54, 1.807) is 0 Å². The van der Waals surface area contributed by atoms with Gasteiger partial charge in [-0.05, 0) is 49.9 Å². The summed E-state index contributed by atoms with van der Waals surface area (Å²) >= 11 is 6.16. The Morgan fingerprint density at radius 3 is 3.06 bits per heavy atom. The summed E-state index contributed by atoms with van der Waals surface area (Å²) in [5.41, 5.74) is 2.45. The molecule has 0 aromatic heterocycles. The number of nitrogens with one attached hydrogen (secondary N) is 1. The van der Waals surface area contributed by atoms with Gasteiger partial charge in [0.05, 0.1) is 0 Å². The second kappa shape index (κ2) is 5.20. The normalized spacial score (nSPS) is 27.7. The van der Waals surface area contributed by atoms with E-state index in [1.165, 1.54) is 37.9 Å². The molecule has 1 aromatic carbocycles. The molecule has 0 radical (unpaired) electrons. The van der Waals surface area contributed by atoms with Gasteiger partial charge in [-0.2, -0.15) is 0 Å². The van der Waals surface area contributed by atoms with Gasteiger partial charge < -0.3 is 5.32 Å². The number of aryl methyl sites for hydroxylation is 1. The molecule has 2 fully saturated rings. The molecule has 3 heteroatoms. The first-order chi connectivity index (χ1) is 8.74. The van der Waals surface area contributed by atoms with Crippen molar-refractivity contribution in [3.8, 4) is 0 Å². The largest absolute Gasteiger partial charge is 0.308 e. The SMILES string of the molecule is Cc1ccc(CNC2CCN3CCCC23)cc1Cl. The van der Waals surface area contributed by atoms with Gasteiger partial charge in [-0.1, -0.05) is 23.7 Å². The standard InChI is InChI=1S/C15H21ClN2/c1-11-4-5-12(9-13(11)16)10-17-14-6-8-18-7-2-3-15(14)18/h4-5,9,14-15,17H,2-3,6-8,10H2,1H3. The Bertz CT molecular complexity index is 433. The molecule has 2 aliphatic heterocycles. The van der Waals surface area contributed by atoms with Crippen molar-refractivity contribution in [2.75, 3.05) is 13.1 Å². The maximum absolute atomic E-state index is 6.16. The number of benzene rings is 1. The lowest BCUT2D eigenvalue weighted by Crippen LogP contribution is -2.38. The zero-order valence-electron chi connectivity index (χ0n) is 11.0. The van der Waals surface area contributed by atoms with E-state index in [1.807, 2.05) is 6.92 Å². The quantitative estimate of drug-likeness (QED) is 0.903. The van der Waals surface area contributed by atoms with Gasteiger partial charge in [-0.25, -0.2) is 0 Å². The average Bonchev–Trinajstić information content (AvgIpc) is 2.94. The molecule has 1 aromatic rings. The summed E-state index contributed by atoms with van der Waals surface area (Å²) in [6.45, 7) is 5.57. The Balaban J connectivity index is 1.59. The van der Waals surface area contributed by atoms with Crippen LogP contribution in [-0.2, 0) is 6.54 Å². The third-order valence-corrected chi connectivity index (χ3v) is 4.82. The Labute approximate surface area is 114 Å². The lowest BCUT2D eigenvalue weighted by Gasteiger charge is -2.21. The van der Waals surface area contributed by atoms with Crippen molar-refractivity contribution in [2.24, 2.45) is 0 Å². The van der Waals surface area contributed by atoms with E-state index in [-0.39, 0.29) is 0 Å². The molecular formula is C15H21ClN2. The van der Waals surface area contributed by atoms with Crippen LogP contribution in [0.15, 0.2) is 18.2 Å². The molecule has 18 heavy (non-hydrogen) atoms. The van der Waals surface area contributed by atoms with Crippen LogP contribution in [0.5, 0.6) is 0 Å². The third kappa shape index (κ3) is 2.42. The molecule has 2 nitrogen and oxygen atoms in total. The first-order valence-corrected chi connectivity index (χ1v) is 7.34. The predicted octanol–water partition coefficient (Wildman–Crippen LogP) is 2.97. The molecule has 0 bridgehead atoms. The minimum absolute atomic E-state index is 0.674. The van der Waals surface area contributed by atoms with E-state index >= 15 is 0 Å². The summed E-state index contributed by atoms with van der Waals surface area (Å²) in [6.07, 6.45) is 4.04. The van der Waals surface area contributed by atoms with E-state index < -0.39 is 0 Å². The molecule has 2 saturated heterocycles. The van der Waals surface area contributed by atoms with Gasteiger partial charge in [0.25, 0.3) is 0 Å². The van der Waals surface area contributed by atoms with Crippen molar-refractivity contribution in [3.63, 3.8) is 0 Å². The first-order valence-electron chi connectivity index (χ1n) is 6.96. The fourth-order valence-corrected chi connectivity index (χ4v) is 3.52. The Hall–Kier alpha value is -0.570. The zero-order chi connectivity index (χ0) is 12.5. The lowest BCUT2D eigenvalue weighted by molar-refractivity contribution is 0.298. The summed E-state index contributed by atoms with van der Waals surface area (Å²) in [7, 11) is 0. The van der Waals surface area contributed by atoms with E-state index in [4.69, 9.17) is 11.6 Å². The highest BCUT2D eigenvalue weighted by Gasteiger charge is 2.36. The number of nitrogens with zero attached hydrogens (tertiary/aromatic N) is 1. The van der Waals surface area contributed by atoms with Crippen LogP contribution in [0.1, 0.15) is 30.4 Å². The van der Waals surface area contributed by atoms with Gasteiger partial charge in [-0.3, -0.25) is 4.90 Å². The van der Waals surface area contributed by atoms with Gasteiger partial charge in [0.2, 0.25) is 0 Å². The molecule has 2 aliphatic rings. The van der Waals surface area contributed by atoms with Gasteiger partial charge in [0, 0.05) is 30.2 Å².